The van der Waals surface area contributed by atoms with Crippen LogP contribution in [-0.4, -0.2) is 29.7 Å². The van der Waals surface area contributed by atoms with Crippen molar-refractivity contribution < 1.29 is 9.90 Å². The molecule has 0 heterocycles. The number of hydrogen-bond donors (Lipinski definition) is 3. The summed E-state index contributed by atoms with van der Waals surface area (Å²) in [5, 5.41) is 12.4. The second-order valence-corrected chi connectivity index (χ2v) is 6.66. The lowest BCUT2D eigenvalue weighted by Gasteiger charge is -2.28. The highest BCUT2D eigenvalue weighted by molar-refractivity contribution is 5.76. The lowest BCUT2D eigenvalue weighted by molar-refractivity contribution is -0.122. The first kappa shape index (κ1) is 15.4. The number of rotatable bonds is 4. The Morgan fingerprint density at radius 3 is 2.39 bits per heavy atom. The molecular formula is C14H28N2O2. The summed E-state index contributed by atoms with van der Waals surface area (Å²) in [4.78, 5) is 11.8. The molecule has 106 valence electrons. The highest BCUT2D eigenvalue weighted by Gasteiger charge is 2.24. The minimum absolute atomic E-state index is 0.0354. The van der Waals surface area contributed by atoms with E-state index in [-0.39, 0.29) is 23.5 Å². The van der Waals surface area contributed by atoms with Crippen LogP contribution >= 0.6 is 0 Å². The van der Waals surface area contributed by atoms with Crippen LogP contribution in [0.2, 0.25) is 0 Å². The molecule has 1 unspecified atom stereocenters. The molecular weight excluding hydrogens is 228 g/mol. The zero-order valence-electron chi connectivity index (χ0n) is 11.9. The first-order valence-electron chi connectivity index (χ1n) is 6.99. The van der Waals surface area contributed by atoms with E-state index in [0.717, 1.165) is 32.2 Å². The molecule has 1 rings (SSSR count). The van der Waals surface area contributed by atoms with E-state index in [4.69, 9.17) is 5.73 Å². The van der Waals surface area contributed by atoms with Gasteiger partial charge in [0.1, 0.15) is 0 Å². The standard InChI is InChI=1S/C14H28N2O2/c1-14(2,3)12(15)8-13(18)16-9-10-4-6-11(17)7-5-10/h10-12,17H,4-9,15H2,1-3H3,(H,16,18). The van der Waals surface area contributed by atoms with Crippen molar-refractivity contribution in [2.24, 2.45) is 17.1 Å². The Morgan fingerprint density at radius 2 is 1.89 bits per heavy atom. The Morgan fingerprint density at radius 1 is 1.33 bits per heavy atom. The van der Waals surface area contributed by atoms with Crippen molar-refractivity contribution in [2.45, 2.75) is 65.0 Å². The van der Waals surface area contributed by atoms with Gasteiger partial charge in [-0.2, -0.15) is 0 Å². The summed E-state index contributed by atoms with van der Waals surface area (Å²) in [5.74, 6) is 0.562. The lowest BCUT2D eigenvalue weighted by Crippen LogP contribution is -2.41. The summed E-state index contributed by atoms with van der Waals surface area (Å²) in [5.41, 5.74) is 5.95. The van der Waals surface area contributed by atoms with Crippen LogP contribution in [0.3, 0.4) is 0 Å². The molecule has 4 nitrogen and oxygen atoms in total. The quantitative estimate of drug-likeness (QED) is 0.712. The van der Waals surface area contributed by atoms with Crippen LogP contribution in [0.1, 0.15) is 52.9 Å². The Kier molecular flexibility index (Phi) is 5.60. The van der Waals surface area contributed by atoms with Gasteiger partial charge in [0.05, 0.1) is 6.10 Å². The summed E-state index contributed by atoms with van der Waals surface area (Å²) < 4.78 is 0. The zero-order chi connectivity index (χ0) is 13.8. The molecule has 0 radical (unpaired) electrons. The van der Waals surface area contributed by atoms with Crippen molar-refractivity contribution in [1.29, 1.82) is 0 Å². The van der Waals surface area contributed by atoms with E-state index in [1.807, 2.05) is 20.8 Å². The van der Waals surface area contributed by atoms with E-state index in [1.54, 1.807) is 0 Å². The van der Waals surface area contributed by atoms with Gasteiger partial charge in [0.25, 0.3) is 0 Å². The predicted molar refractivity (Wildman–Crippen MR) is 73.0 cm³/mol. The number of nitrogens with two attached hydrogens (primary N) is 1. The third-order valence-electron chi connectivity index (χ3n) is 3.92. The van der Waals surface area contributed by atoms with Crippen LogP contribution < -0.4 is 11.1 Å². The molecule has 1 aliphatic carbocycles. The Labute approximate surface area is 110 Å². The predicted octanol–water partition coefficient (Wildman–Crippen LogP) is 1.42. The molecule has 1 atom stereocenters. The second kappa shape index (κ2) is 6.53. The molecule has 0 aromatic carbocycles. The molecule has 18 heavy (non-hydrogen) atoms. The Hall–Kier alpha value is -0.610. The molecule has 0 aromatic rings. The number of aliphatic hydroxyl groups is 1. The number of carbonyl (C=O) groups is 1. The van der Waals surface area contributed by atoms with Crippen LogP contribution in [-0.2, 0) is 4.79 Å². The van der Waals surface area contributed by atoms with Crippen LogP contribution in [0.15, 0.2) is 0 Å². The van der Waals surface area contributed by atoms with Gasteiger partial charge in [-0.1, -0.05) is 20.8 Å². The molecule has 1 amide bonds. The number of nitrogens with one attached hydrogen (secondary N) is 1. The van der Waals surface area contributed by atoms with Crippen LogP contribution in [0.4, 0.5) is 0 Å². The molecule has 0 saturated heterocycles. The third-order valence-corrected chi connectivity index (χ3v) is 3.92. The molecule has 0 bridgehead atoms. The maximum absolute atomic E-state index is 11.8. The van der Waals surface area contributed by atoms with Crippen molar-refractivity contribution in [2.75, 3.05) is 6.54 Å². The first-order valence-corrected chi connectivity index (χ1v) is 6.99. The van der Waals surface area contributed by atoms with E-state index in [1.165, 1.54) is 0 Å². The van der Waals surface area contributed by atoms with Gasteiger partial charge in [0.2, 0.25) is 5.91 Å². The number of carbonyl (C=O) groups excluding carboxylic acids is 1. The van der Waals surface area contributed by atoms with E-state index in [0.29, 0.717) is 12.3 Å². The number of amides is 1. The van der Waals surface area contributed by atoms with Gasteiger partial charge in [0.15, 0.2) is 0 Å². The van der Waals surface area contributed by atoms with Crippen molar-refractivity contribution in [3.63, 3.8) is 0 Å². The van der Waals surface area contributed by atoms with E-state index < -0.39 is 0 Å². The van der Waals surface area contributed by atoms with Gasteiger partial charge >= 0.3 is 0 Å². The van der Waals surface area contributed by atoms with Gasteiger partial charge in [-0.3, -0.25) is 4.79 Å². The molecule has 0 aromatic heterocycles. The van der Waals surface area contributed by atoms with Crippen molar-refractivity contribution in [3.8, 4) is 0 Å². The van der Waals surface area contributed by atoms with E-state index >= 15 is 0 Å². The largest absolute Gasteiger partial charge is 0.393 e. The van der Waals surface area contributed by atoms with Gasteiger partial charge in [-0.15, -0.1) is 0 Å². The zero-order valence-corrected chi connectivity index (χ0v) is 11.9. The van der Waals surface area contributed by atoms with E-state index in [9.17, 15) is 9.90 Å². The molecule has 1 fully saturated rings. The van der Waals surface area contributed by atoms with Gasteiger partial charge in [0, 0.05) is 19.0 Å². The fourth-order valence-corrected chi connectivity index (χ4v) is 2.19. The summed E-state index contributed by atoms with van der Waals surface area (Å²) in [6.45, 7) is 6.87. The number of hydrogen-bond acceptors (Lipinski definition) is 3. The van der Waals surface area contributed by atoms with Crippen LogP contribution in [0, 0.1) is 11.3 Å². The lowest BCUT2D eigenvalue weighted by atomic mass is 9.85. The van der Waals surface area contributed by atoms with Crippen LogP contribution in [0.5, 0.6) is 0 Å². The maximum atomic E-state index is 11.8. The maximum Gasteiger partial charge on any atom is 0.221 e. The minimum atomic E-state index is -0.133. The Bertz CT molecular complexity index is 265. The number of aliphatic hydroxyl groups excluding tert-OH is 1. The monoisotopic (exact) mass is 256 g/mol. The molecule has 4 heteroatoms. The normalized spacial score (nSPS) is 26.7. The minimum Gasteiger partial charge on any atom is -0.393 e. The summed E-state index contributed by atoms with van der Waals surface area (Å²) in [6, 6.07) is -0.106. The molecule has 4 N–H and O–H groups in total. The van der Waals surface area contributed by atoms with Gasteiger partial charge in [-0.25, -0.2) is 0 Å². The van der Waals surface area contributed by atoms with Crippen molar-refractivity contribution >= 4 is 5.91 Å². The molecule has 0 aliphatic heterocycles. The third kappa shape index (κ3) is 5.36. The summed E-state index contributed by atoms with van der Waals surface area (Å²) in [6.07, 6.45) is 3.99. The molecule has 1 aliphatic rings. The summed E-state index contributed by atoms with van der Waals surface area (Å²) >= 11 is 0. The van der Waals surface area contributed by atoms with Crippen molar-refractivity contribution in [1.82, 2.24) is 5.32 Å². The van der Waals surface area contributed by atoms with Crippen LogP contribution in [0.25, 0.3) is 0 Å². The average molecular weight is 256 g/mol. The van der Waals surface area contributed by atoms with Gasteiger partial charge in [-0.05, 0) is 37.0 Å². The average Bonchev–Trinajstić information content (AvgIpc) is 2.27. The fourth-order valence-electron chi connectivity index (χ4n) is 2.19. The second-order valence-electron chi connectivity index (χ2n) is 6.66. The Balaban J connectivity index is 2.21. The van der Waals surface area contributed by atoms with Gasteiger partial charge < -0.3 is 16.2 Å². The summed E-state index contributed by atoms with van der Waals surface area (Å²) in [7, 11) is 0. The topological polar surface area (TPSA) is 75.4 Å². The fraction of sp³-hybridized carbons (Fsp3) is 0.929. The smallest absolute Gasteiger partial charge is 0.221 e. The van der Waals surface area contributed by atoms with E-state index in [2.05, 4.69) is 5.32 Å². The highest BCUT2D eigenvalue weighted by atomic mass is 16.3. The molecule has 0 spiro atoms. The van der Waals surface area contributed by atoms with Crippen molar-refractivity contribution in [3.05, 3.63) is 0 Å². The molecule has 1 saturated carbocycles. The SMILES string of the molecule is CC(C)(C)C(N)CC(=O)NCC1CCC(O)CC1. The highest BCUT2D eigenvalue weighted by Crippen LogP contribution is 2.23. The first-order chi connectivity index (χ1) is 8.29.